The highest BCUT2D eigenvalue weighted by molar-refractivity contribution is 5.98. The summed E-state index contributed by atoms with van der Waals surface area (Å²) in [6.07, 6.45) is 0.239. The average molecular weight is 381 g/mol. The molecule has 0 spiro atoms. The van der Waals surface area contributed by atoms with Gasteiger partial charge in [-0.25, -0.2) is 0 Å². The number of carbonyl (C=O) groups excluding carboxylic acids is 3. The first-order valence-corrected chi connectivity index (χ1v) is 9.24. The van der Waals surface area contributed by atoms with Gasteiger partial charge in [0.05, 0.1) is 12.0 Å². The van der Waals surface area contributed by atoms with Crippen molar-refractivity contribution in [2.75, 3.05) is 0 Å². The van der Waals surface area contributed by atoms with Crippen molar-refractivity contribution in [2.24, 2.45) is 0 Å². The van der Waals surface area contributed by atoms with Crippen LogP contribution in [0.4, 0.5) is 0 Å². The Hall–Kier alpha value is -3.15. The van der Waals surface area contributed by atoms with Crippen LogP contribution in [0, 0.1) is 0 Å². The smallest absolute Gasteiger partial charge is 0.251 e. The molecule has 2 N–H and O–H groups in total. The van der Waals surface area contributed by atoms with Crippen molar-refractivity contribution in [3.63, 3.8) is 0 Å². The topological polar surface area (TPSA) is 98.3 Å². The molecular weight excluding hydrogens is 356 g/mol. The molecule has 0 fully saturated rings. The highest BCUT2D eigenvalue weighted by Crippen LogP contribution is 2.16. The lowest BCUT2D eigenvalue weighted by molar-refractivity contribution is -0.307. The van der Waals surface area contributed by atoms with Crippen molar-refractivity contribution < 1.29 is 19.5 Å². The van der Waals surface area contributed by atoms with Crippen LogP contribution in [0.2, 0.25) is 0 Å². The zero-order valence-corrected chi connectivity index (χ0v) is 16.3. The highest BCUT2D eigenvalue weighted by Gasteiger charge is 2.23. The molecule has 148 valence electrons. The summed E-state index contributed by atoms with van der Waals surface area (Å²) in [6.45, 7) is 5.50. The van der Waals surface area contributed by atoms with Gasteiger partial charge in [0, 0.05) is 12.0 Å². The van der Waals surface area contributed by atoms with E-state index in [1.54, 1.807) is 30.3 Å². The lowest BCUT2D eigenvalue weighted by atomic mass is 9.98. The van der Waals surface area contributed by atoms with Crippen LogP contribution in [0.5, 0.6) is 0 Å². The normalized spacial score (nSPS) is 12.9. The van der Waals surface area contributed by atoms with E-state index < -0.39 is 29.9 Å². The molecule has 0 aliphatic heterocycles. The Labute approximate surface area is 165 Å². The molecule has 2 amide bonds. The number of nitrogens with one attached hydrogen (secondary N) is 2. The van der Waals surface area contributed by atoms with Crippen LogP contribution >= 0.6 is 0 Å². The molecule has 0 saturated carbocycles. The summed E-state index contributed by atoms with van der Waals surface area (Å²) >= 11 is 0. The lowest BCUT2D eigenvalue weighted by Crippen LogP contribution is -2.54. The first kappa shape index (κ1) is 21.2. The van der Waals surface area contributed by atoms with Crippen molar-refractivity contribution in [1.82, 2.24) is 10.6 Å². The minimum absolute atomic E-state index is 0.239. The molecule has 28 heavy (non-hydrogen) atoms. The number of carboxylic acid groups (broad SMARTS) is 1. The standard InChI is InChI=1S/C22H26N2O4/c1-14(2)17-11-9-16(10-12-17)13-19(21(26)23-15(3)22(27)28)24-20(25)18-7-5-4-6-8-18/h4-12,14-15,19H,13H2,1-3H3,(H,23,26)(H,24,25)(H,27,28)/p-1/t15-,19-/m1/s1. The molecular formula is C22H25N2O4-. The largest absolute Gasteiger partial charge is 0.548 e. The molecule has 0 aromatic heterocycles. The van der Waals surface area contributed by atoms with Gasteiger partial charge in [-0.05, 0) is 36.1 Å². The fourth-order valence-corrected chi connectivity index (χ4v) is 2.69. The van der Waals surface area contributed by atoms with Crippen LogP contribution in [0.25, 0.3) is 0 Å². The van der Waals surface area contributed by atoms with Gasteiger partial charge in [0.1, 0.15) is 6.04 Å². The van der Waals surface area contributed by atoms with Gasteiger partial charge in [-0.3, -0.25) is 9.59 Å². The maximum Gasteiger partial charge on any atom is 0.251 e. The molecule has 6 heteroatoms. The SMILES string of the molecule is CC(C)c1ccc(C[C@@H](NC(=O)c2ccccc2)C(=O)N[C@H](C)C(=O)[O-])cc1. The second kappa shape index (κ2) is 9.69. The predicted octanol–water partition coefficient (Wildman–Crippen LogP) is 1.41. The molecule has 0 unspecified atom stereocenters. The number of amides is 2. The van der Waals surface area contributed by atoms with Crippen molar-refractivity contribution in [1.29, 1.82) is 0 Å². The van der Waals surface area contributed by atoms with Crippen LogP contribution in [0.1, 0.15) is 48.2 Å². The zero-order valence-electron chi connectivity index (χ0n) is 16.3. The van der Waals surface area contributed by atoms with Crippen LogP contribution in [-0.4, -0.2) is 29.9 Å². The van der Waals surface area contributed by atoms with Crippen molar-refractivity contribution in [2.45, 2.75) is 45.2 Å². The molecule has 2 atom stereocenters. The van der Waals surface area contributed by atoms with Crippen LogP contribution in [-0.2, 0) is 16.0 Å². The molecule has 0 aliphatic rings. The Morgan fingerprint density at radius 1 is 0.893 bits per heavy atom. The third-order valence-corrected chi connectivity index (χ3v) is 4.46. The van der Waals surface area contributed by atoms with E-state index in [1.807, 2.05) is 24.3 Å². The molecule has 2 aromatic carbocycles. The molecule has 0 heterocycles. The maximum absolute atomic E-state index is 12.6. The Bertz CT molecular complexity index is 816. The van der Waals surface area contributed by atoms with Crippen LogP contribution in [0.3, 0.4) is 0 Å². The lowest BCUT2D eigenvalue weighted by Gasteiger charge is -2.22. The van der Waals surface area contributed by atoms with Gasteiger partial charge in [0.2, 0.25) is 5.91 Å². The molecule has 6 nitrogen and oxygen atoms in total. The fourth-order valence-electron chi connectivity index (χ4n) is 2.69. The number of hydrogen-bond donors (Lipinski definition) is 2. The van der Waals surface area contributed by atoms with Gasteiger partial charge in [-0.2, -0.15) is 0 Å². The number of hydrogen-bond acceptors (Lipinski definition) is 4. The van der Waals surface area contributed by atoms with E-state index >= 15 is 0 Å². The second-order valence-corrected chi connectivity index (χ2v) is 7.04. The summed E-state index contributed by atoms with van der Waals surface area (Å²) in [5, 5.41) is 16.0. The number of rotatable bonds is 8. The summed E-state index contributed by atoms with van der Waals surface area (Å²) in [5.41, 5.74) is 2.45. The average Bonchev–Trinajstić information content (AvgIpc) is 2.68. The van der Waals surface area contributed by atoms with Crippen LogP contribution < -0.4 is 15.7 Å². The highest BCUT2D eigenvalue weighted by atomic mass is 16.4. The van der Waals surface area contributed by atoms with Gasteiger partial charge in [0.15, 0.2) is 0 Å². The monoisotopic (exact) mass is 381 g/mol. The first-order valence-electron chi connectivity index (χ1n) is 9.24. The first-order chi connectivity index (χ1) is 13.3. The third kappa shape index (κ3) is 5.94. The van der Waals surface area contributed by atoms with Gasteiger partial charge in [-0.1, -0.05) is 56.3 Å². The predicted molar refractivity (Wildman–Crippen MR) is 105 cm³/mol. The van der Waals surface area contributed by atoms with E-state index in [4.69, 9.17) is 0 Å². The second-order valence-electron chi connectivity index (χ2n) is 7.04. The number of benzene rings is 2. The fraction of sp³-hybridized carbons (Fsp3) is 0.318. The van der Waals surface area contributed by atoms with E-state index in [-0.39, 0.29) is 6.42 Å². The Morgan fingerprint density at radius 3 is 2.04 bits per heavy atom. The zero-order chi connectivity index (χ0) is 20.7. The minimum Gasteiger partial charge on any atom is -0.548 e. The van der Waals surface area contributed by atoms with Gasteiger partial charge >= 0.3 is 0 Å². The number of carbonyl (C=O) groups is 3. The van der Waals surface area contributed by atoms with Crippen LogP contribution in [0.15, 0.2) is 54.6 Å². The molecule has 2 aromatic rings. The van der Waals surface area contributed by atoms with E-state index in [2.05, 4.69) is 24.5 Å². The summed E-state index contributed by atoms with van der Waals surface area (Å²) in [6, 6.07) is 14.2. The minimum atomic E-state index is -1.39. The van der Waals surface area contributed by atoms with Gasteiger partial charge in [-0.15, -0.1) is 0 Å². The maximum atomic E-state index is 12.6. The van der Waals surface area contributed by atoms with Crippen molar-refractivity contribution in [3.8, 4) is 0 Å². The molecule has 0 saturated heterocycles. The summed E-state index contributed by atoms with van der Waals surface area (Å²) in [4.78, 5) is 36.0. The Morgan fingerprint density at radius 2 is 1.50 bits per heavy atom. The van der Waals surface area contributed by atoms with Crippen molar-refractivity contribution in [3.05, 3.63) is 71.3 Å². The Balaban J connectivity index is 2.18. The summed E-state index contributed by atoms with van der Waals surface area (Å²) < 4.78 is 0. The van der Waals surface area contributed by atoms with Crippen molar-refractivity contribution >= 4 is 17.8 Å². The molecule has 0 aliphatic carbocycles. The molecule has 2 rings (SSSR count). The van der Waals surface area contributed by atoms with E-state index in [0.717, 1.165) is 5.56 Å². The Kier molecular flexibility index (Phi) is 7.32. The van der Waals surface area contributed by atoms with E-state index in [9.17, 15) is 19.5 Å². The van der Waals surface area contributed by atoms with Gasteiger partial charge in [0.25, 0.3) is 5.91 Å². The quantitative estimate of drug-likeness (QED) is 0.722. The van der Waals surface area contributed by atoms with Gasteiger partial charge < -0.3 is 20.5 Å². The van der Waals surface area contributed by atoms with E-state index in [1.165, 1.54) is 12.5 Å². The molecule has 0 bridgehead atoms. The molecule has 0 radical (unpaired) electrons. The third-order valence-electron chi connectivity index (χ3n) is 4.46. The summed E-state index contributed by atoms with van der Waals surface area (Å²) in [5.74, 6) is -1.98. The van der Waals surface area contributed by atoms with E-state index in [0.29, 0.717) is 11.5 Å². The summed E-state index contributed by atoms with van der Waals surface area (Å²) in [7, 11) is 0. The number of aliphatic carboxylic acids is 1. The number of carboxylic acids is 1.